The smallest absolute Gasteiger partial charge is 0.328 e. The number of nitrogens with one attached hydrogen (secondary N) is 4. The van der Waals surface area contributed by atoms with E-state index in [0.29, 0.717) is 5.56 Å². The SMILES string of the molecule is CC(C)CC(NC(=O)C(N)Cc1ccc(O)cc1)C(=O)NC(Cc1c[nH]c2ccccc12)C(=O)NC(C(=O)O)C(C)O. The molecular formula is C30H39N5O7. The van der Waals surface area contributed by atoms with E-state index in [9.17, 15) is 34.5 Å². The average molecular weight is 582 g/mol. The minimum absolute atomic E-state index is 0.0104. The molecule has 9 N–H and O–H groups in total. The molecule has 3 amide bonds. The van der Waals surface area contributed by atoms with Crippen molar-refractivity contribution in [1.82, 2.24) is 20.9 Å². The van der Waals surface area contributed by atoms with Gasteiger partial charge in [-0.25, -0.2) is 4.79 Å². The lowest BCUT2D eigenvalue weighted by molar-refractivity contribution is -0.145. The number of aromatic amines is 1. The summed E-state index contributed by atoms with van der Waals surface area (Å²) in [5, 5.41) is 37.4. The fourth-order valence-corrected chi connectivity index (χ4v) is 4.60. The van der Waals surface area contributed by atoms with Crippen molar-refractivity contribution in [3.8, 4) is 5.75 Å². The van der Waals surface area contributed by atoms with E-state index in [1.165, 1.54) is 19.1 Å². The monoisotopic (exact) mass is 581 g/mol. The Kier molecular flexibility index (Phi) is 11.1. The Balaban J connectivity index is 1.81. The standard InChI is InChI=1S/C30H39N5O7/c1-16(2)12-24(33-27(38)22(31)13-18-8-10-20(37)11-9-18)28(39)34-25(29(40)35-26(17(3)36)30(41)42)14-19-15-32-23-7-5-4-6-21(19)23/h4-11,15-17,22,24-26,32,36-37H,12-14,31H2,1-3H3,(H,33,38)(H,34,39)(H,35,40)(H,41,42). The van der Waals surface area contributed by atoms with Crippen LogP contribution in [-0.2, 0) is 32.0 Å². The maximum absolute atomic E-state index is 13.5. The van der Waals surface area contributed by atoms with Gasteiger partial charge in [0, 0.05) is 23.5 Å². The third kappa shape index (κ3) is 8.79. The number of aromatic nitrogens is 1. The van der Waals surface area contributed by atoms with Crippen LogP contribution in [0.1, 0.15) is 38.3 Å². The van der Waals surface area contributed by atoms with Gasteiger partial charge in [-0.05, 0) is 55.0 Å². The summed E-state index contributed by atoms with van der Waals surface area (Å²) in [7, 11) is 0. The number of aliphatic carboxylic acids is 1. The molecular weight excluding hydrogens is 542 g/mol. The molecule has 0 spiro atoms. The predicted molar refractivity (Wildman–Crippen MR) is 156 cm³/mol. The van der Waals surface area contributed by atoms with Gasteiger partial charge < -0.3 is 42.0 Å². The van der Waals surface area contributed by atoms with Crippen molar-refractivity contribution in [1.29, 1.82) is 0 Å². The number of hydrogen-bond acceptors (Lipinski definition) is 7. The van der Waals surface area contributed by atoms with Crippen molar-refractivity contribution >= 4 is 34.6 Å². The quantitative estimate of drug-likeness (QED) is 0.137. The molecule has 0 aliphatic heterocycles. The molecule has 12 heteroatoms. The highest BCUT2D eigenvalue weighted by molar-refractivity contribution is 5.95. The Bertz CT molecular complexity index is 1390. The second kappa shape index (κ2) is 14.5. The summed E-state index contributed by atoms with van der Waals surface area (Å²) in [5.74, 6) is -3.37. The molecule has 12 nitrogen and oxygen atoms in total. The molecule has 226 valence electrons. The van der Waals surface area contributed by atoms with Crippen molar-refractivity contribution in [2.24, 2.45) is 11.7 Å². The van der Waals surface area contributed by atoms with Crippen LogP contribution in [0.2, 0.25) is 0 Å². The summed E-state index contributed by atoms with van der Waals surface area (Å²) in [6.07, 6.45) is 0.742. The van der Waals surface area contributed by atoms with Gasteiger partial charge in [-0.15, -0.1) is 0 Å². The number of amides is 3. The van der Waals surface area contributed by atoms with Gasteiger partial charge in [0.2, 0.25) is 17.7 Å². The molecule has 0 saturated carbocycles. The minimum atomic E-state index is -1.59. The number of carboxylic acid groups (broad SMARTS) is 1. The first-order valence-corrected chi connectivity index (χ1v) is 13.8. The normalized spacial score (nSPS) is 14.9. The number of carbonyl (C=O) groups is 4. The Morgan fingerprint density at radius 2 is 1.48 bits per heavy atom. The molecule has 0 fully saturated rings. The number of benzene rings is 2. The van der Waals surface area contributed by atoms with Crippen LogP contribution in [0.25, 0.3) is 10.9 Å². The van der Waals surface area contributed by atoms with Crippen LogP contribution in [0, 0.1) is 5.92 Å². The summed E-state index contributed by atoms with van der Waals surface area (Å²) < 4.78 is 0. The molecule has 0 aliphatic rings. The van der Waals surface area contributed by atoms with Gasteiger partial charge in [0.05, 0.1) is 12.1 Å². The van der Waals surface area contributed by atoms with Gasteiger partial charge >= 0.3 is 5.97 Å². The van der Waals surface area contributed by atoms with E-state index in [1.807, 2.05) is 38.1 Å². The van der Waals surface area contributed by atoms with Crippen LogP contribution in [0.15, 0.2) is 54.7 Å². The zero-order valence-electron chi connectivity index (χ0n) is 23.8. The molecule has 1 heterocycles. The summed E-state index contributed by atoms with van der Waals surface area (Å²) in [4.78, 5) is 54.6. The van der Waals surface area contributed by atoms with Gasteiger partial charge in [0.15, 0.2) is 6.04 Å². The number of phenolic OH excluding ortho intramolecular Hbond substituents is 1. The molecule has 0 aliphatic carbocycles. The van der Waals surface area contributed by atoms with Crippen LogP contribution in [-0.4, -0.2) is 74.3 Å². The average Bonchev–Trinajstić information content (AvgIpc) is 3.34. The number of hydrogen-bond donors (Lipinski definition) is 8. The number of aromatic hydroxyl groups is 1. The first-order chi connectivity index (χ1) is 19.8. The molecule has 1 aromatic heterocycles. The Morgan fingerprint density at radius 3 is 2.10 bits per heavy atom. The van der Waals surface area contributed by atoms with Gasteiger partial charge in [-0.1, -0.05) is 44.2 Å². The molecule has 0 bridgehead atoms. The summed E-state index contributed by atoms with van der Waals surface area (Å²) in [6.45, 7) is 4.99. The van der Waals surface area contributed by atoms with Crippen LogP contribution in [0.4, 0.5) is 0 Å². The summed E-state index contributed by atoms with van der Waals surface area (Å²) >= 11 is 0. The minimum Gasteiger partial charge on any atom is -0.508 e. The van der Waals surface area contributed by atoms with E-state index in [2.05, 4.69) is 20.9 Å². The van der Waals surface area contributed by atoms with E-state index in [0.717, 1.165) is 16.5 Å². The van der Waals surface area contributed by atoms with Crippen LogP contribution in [0.3, 0.4) is 0 Å². The number of aliphatic hydroxyl groups is 1. The Labute approximate surface area is 243 Å². The zero-order valence-corrected chi connectivity index (χ0v) is 23.8. The Hall–Kier alpha value is -4.42. The molecule has 0 saturated heterocycles. The first kappa shape index (κ1) is 32.1. The topological polar surface area (TPSA) is 207 Å². The number of rotatable bonds is 14. The maximum atomic E-state index is 13.5. The number of aliphatic hydroxyl groups excluding tert-OH is 1. The van der Waals surface area contributed by atoms with Crippen LogP contribution < -0.4 is 21.7 Å². The number of H-pyrrole nitrogens is 1. The number of nitrogens with two attached hydrogens (primary N) is 1. The van der Waals surface area contributed by atoms with Crippen LogP contribution in [0.5, 0.6) is 5.75 Å². The fraction of sp³-hybridized carbons (Fsp3) is 0.400. The zero-order chi connectivity index (χ0) is 31.0. The van der Waals surface area contributed by atoms with Crippen LogP contribution >= 0.6 is 0 Å². The largest absolute Gasteiger partial charge is 0.508 e. The second-order valence-electron chi connectivity index (χ2n) is 10.9. The highest BCUT2D eigenvalue weighted by Crippen LogP contribution is 2.20. The summed E-state index contributed by atoms with van der Waals surface area (Å²) in [6, 6.07) is 8.81. The summed E-state index contributed by atoms with van der Waals surface area (Å²) in [5.41, 5.74) is 8.36. The third-order valence-electron chi connectivity index (χ3n) is 6.85. The van der Waals surface area contributed by atoms with Gasteiger partial charge in [0.25, 0.3) is 0 Å². The number of para-hydroxylation sites is 1. The lowest BCUT2D eigenvalue weighted by Gasteiger charge is -2.26. The van der Waals surface area contributed by atoms with Crippen molar-refractivity contribution in [2.75, 3.05) is 0 Å². The van der Waals surface area contributed by atoms with Gasteiger partial charge in [-0.2, -0.15) is 0 Å². The molecule has 5 atom stereocenters. The van der Waals surface area contributed by atoms with Crippen molar-refractivity contribution in [2.45, 2.75) is 70.3 Å². The molecule has 2 aromatic carbocycles. The lowest BCUT2D eigenvalue weighted by Crippen LogP contribution is -2.59. The van der Waals surface area contributed by atoms with E-state index in [1.54, 1.807) is 18.3 Å². The lowest BCUT2D eigenvalue weighted by atomic mass is 9.99. The second-order valence-corrected chi connectivity index (χ2v) is 10.9. The van der Waals surface area contributed by atoms with E-state index >= 15 is 0 Å². The molecule has 42 heavy (non-hydrogen) atoms. The van der Waals surface area contributed by atoms with E-state index in [-0.39, 0.29) is 30.9 Å². The Morgan fingerprint density at radius 1 is 0.857 bits per heavy atom. The number of fused-ring (bicyclic) bond motifs is 1. The number of carboxylic acids is 1. The first-order valence-electron chi connectivity index (χ1n) is 13.8. The van der Waals surface area contributed by atoms with Gasteiger partial charge in [0.1, 0.15) is 17.8 Å². The van der Waals surface area contributed by atoms with E-state index in [4.69, 9.17) is 5.73 Å². The van der Waals surface area contributed by atoms with Crippen molar-refractivity contribution < 1.29 is 34.5 Å². The fourth-order valence-electron chi connectivity index (χ4n) is 4.60. The number of phenols is 1. The van der Waals surface area contributed by atoms with Crippen molar-refractivity contribution in [3.05, 3.63) is 65.9 Å². The molecule has 5 unspecified atom stereocenters. The third-order valence-corrected chi connectivity index (χ3v) is 6.85. The molecule has 3 aromatic rings. The van der Waals surface area contributed by atoms with Crippen molar-refractivity contribution in [3.63, 3.8) is 0 Å². The highest BCUT2D eigenvalue weighted by atomic mass is 16.4. The molecule has 0 radical (unpaired) electrons. The molecule has 3 rings (SSSR count). The number of carbonyl (C=O) groups excluding carboxylic acids is 3. The maximum Gasteiger partial charge on any atom is 0.328 e. The van der Waals surface area contributed by atoms with E-state index < -0.39 is 54.0 Å². The highest BCUT2D eigenvalue weighted by Gasteiger charge is 2.32. The van der Waals surface area contributed by atoms with Gasteiger partial charge in [-0.3, -0.25) is 14.4 Å². The predicted octanol–water partition coefficient (Wildman–Crippen LogP) is 0.952.